The number of halogens is 1. The molecule has 0 radical (unpaired) electrons. The van der Waals surface area contributed by atoms with Gasteiger partial charge in [0.1, 0.15) is 0 Å². The quantitative estimate of drug-likeness (QED) is 0.745. The van der Waals surface area contributed by atoms with Gasteiger partial charge in [-0.25, -0.2) is 0 Å². The van der Waals surface area contributed by atoms with Gasteiger partial charge in [-0.15, -0.1) is 23.7 Å². The first-order valence-electron chi connectivity index (χ1n) is 5.14. The van der Waals surface area contributed by atoms with Crippen molar-refractivity contribution in [2.24, 2.45) is 0 Å². The Morgan fingerprint density at radius 2 is 1.93 bits per heavy atom. The molecule has 0 saturated heterocycles. The molecule has 1 nitrogen and oxygen atoms in total. The molecule has 3 heteroatoms. The number of thiophene rings is 1. The summed E-state index contributed by atoms with van der Waals surface area (Å²) >= 11 is 1.85. The van der Waals surface area contributed by atoms with Crippen molar-refractivity contribution in [3.05, 3.63) is 34.7 Å². The second-order valence-electron chi connectivity index (χ2n) is 3.79. The van der Waals surface area contributed by atoms with E-state index in [0.717, 1.165) is 13.1 Å². The molecule has 1 aromatic heterocycles. The van der Waals surface area contributed by atoms with Crippen LogP contribution >= 0.6 is 23.7 Å². The van der Waals surface area contributed by atoms with Crippen LogP contribution in [0.15, 0.2) is 23.6 Å². The Hall–Kier alpha value is -0.570. The number of nitrogens with one attached hydrogen (secondary N) is 1. The molecular formula is C12H14ClNS. The third-order valence-corrected chi connectivity index (χ3v) is 3.85. The van der Waals surface area contributed by atoms with Crippen LogP contribution in [0.3, 0.4) is 0 Å². The molecule has 0 amide bonds. The zero-order valence-corrected chi connectivity index (χ0v) is 10.1. The van der Waals surface area contributed by atoms with Gasteiger partial charge >= 0.3 is 0 Å². The summed E-state index contributed by atoms with van der Waals surface area (Å²) in [6.45, 7) is 2.25. The number of hydrogen-bond donors (Lipinski definition) is 1. The highest BCUT2D eigenvalue weighted by Gasteiger charge is 2.10. The fourth-order valence-electron chi connectivity index (χ4n) is 2.24. The van der Waals surface area contributed by atoms with E-state index in [0.29, 0.717) is 0 Å². The van der Waals surface area contributed by atoms with Crippen LogP contribution in [0.1, 0.15) is 11.1 Å². The number of fused-ring (bicyclic) bond motifs is 3. The van der Waals surface area contributed by atoms with Gasteiger partial charge in [-0.2, -0.15) is 0 Å². The van der Waals surface area contributed by atoms with Crippen molar-refractivity contribution in [2.45, 2.75) is 12.8 Å². The highest BCUT2D eigenvalue weighted by molar-refractivity contribution is 7.17. The summed E-state index contributed by atoms with van der Waals surface area (Å²) in [5.74, 6) is 0. The first-order chi connectivity index (χ1) is 6.95. The van der Waals surface area contributed by atoms with Crippen molar-refractivity contribution in [3.8, 4) is 0 Å². The molecule has 0 bridgehead atoms. The van der Waals surface area contributed by atoms with Crippen molar-refractivity contribution in [3.63, 3.8) is 0 Å². The molecule has 2 heterocycles. The number of hydrogen-bond acceptors (Lipinski definition) is 2. The van der Waals surface area contributed by atoms with E-state index in [1.165, 1.54) is 22.9 Å². The van der Waals surface area contributed by atoms with E-state index in [4.69, 9.17) is 0 Å². The Morgan fingerprint density at radius 1 is 1.07 bits per heavy atom. The lowest BCUT2D eigenvalue weighted by molar-refractivity contribution is 0.711. The second kappa shape index (κ2) is 4.52. The maximum atomic E-state index is 3.45. The average molecular weight is 240 g/mol. The fraction of sp³-hybridized carbons (Fsp3) is 0.333. The first kappa shape index (κ1) is 10.9. The van der Waals surface area contributed by atoms with Gasteiger partial charge in [-0.1, -0.05) is 6.07 Å². The predicted octanol–water partition coefficient (Wildman–Crippen LogP) is 3.01. The van der Waals surface area contributed by atoms with E-state index >= 15 is 0 Å². The van der Waals surface area contributed by atoms with E-state index < -0.39 is 0 Å². The lowest BCUT2D eigenvalue weighted by Crippen LogP contribution is -2.16. The maximum Gasteiger partial charge on any atom is 0.0345 e. The van der Waals surface area contributed by atoms with Crippen LogP contribution in [0.2, 0.25) is 0 Å². The van der Waals surface area contributed by atoms with E-state index in [-0.39, 0.29) is 12.4 Å². The molecule has 0 atom stereocenters. The standard InChI is InChI=1S/C12H13NS.ClH/c1-2-12-11(5-8-14-12)10-4-7-13-6-3-9(1)10;/h1-2,5,8,13H,3-4,6-7H2;1H. The largest absolute Gasteiger partial charge is 0.316 e. The Bertz CT molecular complexity index is 464. The lowest BCUT2D eigenvalue weighted by Gasteiger charge is -2.05. The van der Waals surface area contributed by atoms with E-state index in [1.54, 1.807) is 11.1 Å². The minimum Gasteiger partial charge on any atom is -0.316 e. The summed E-state index contributed by atoms with van der Waals surface area (Å²) in [5, 5.41) is 7.13. The molecule has 1 aliphatic heterocycles. The Kier molecular flexibility index (Phi) is 3.29. The molecule has 1 aromatic carbocycles. The normalized spacial score (nSPS) is 15.5. The first-order valence-corrected chi connectivity index (χ1v) is 6.02. The summed E-state index contributed by atoms with van der Waals surface area (Å²) in [7, 11) is 0. The van der Waals surface area contributed by atoms with Crippen LogP contribution in [0.5, 0.6) is 0 Å². The third kappa shape index (κ3) is 1.89. The fourth-order valence-corrected chi connectivity index (χ4v) is 3.06. The third-order valence-electron chi connectivity index (χ3n) is 2.97. The van der Waals surface area contributed by atoms with Crippen LogP contribution in [-0.2, 0) is 12.8 Å². The van der Waals surface area contributed by atoms with Gasteiger partial charge in [0, 0.05) is 4.70 Å². The average Bonchev–Trinajstić information content (AvgIpc) is 2.55. The van der Waals surface area contributed by atoms with Crippen molar-refractivity contribution < 1.29 is 0 Å². The molecule has 0 fully saturated rings. The highest BCUT2D eigenvalue weighted by Crippen LogP contribution is 2.28. The van der Waals surface area contributed by atoms with Crippen molar-refractivity contribution in [1.29, 1.82) is 0 Å². The van der Waals surface area contributed by atoms with E-state index in [2.05, 4.69) is 28.9 Å². The van der Waals surface area contributed by atoms with Gasteiger partial charge in [0.25, 0.3) is 0 Å². The summed E-state index contributed by atoms with van der Waals surface area (Å²) in [6, 6.07) is 6.84. The molecule has 80 valence electrons. The predicted molar refractivity (Wildman–Crippen MR) is 69.4 cm³/mol. The topological polar surface area (TPSA) is 12.0 Å². The Balaban J connectivity index is 0.000000853. The number of benzene rings is 1. The smallest absolute Gasteiger partial charge is 0.0345 e. The van der Waals surface area contributed by atoms with Gasteiger partial charge < -0.3 is 5.32 Å². The van der Waals surface area contributed by atoms with E-state index in [1.807, 2.05) is 11.3 Å². The van der Waals surface area contributed by atoms with Gasteiger partial charge in [0.05, 0.1) is 0 Å². The van der Waals surface area contributed by atoms with Crippen LogP contribution in [0.4, 0.5) is 0 Å². The molecule has 0 spiro atoms. The van der Waals surface area contributed by atoms with Crippen molar-refractivity contribution >= 4 is 33.8 Å². The summed E-state index contributed by atoms with van der Waals surface area (Å²) in [5.41, 5.74) is 3.12. The Labute approximate surface area is 99.9 Å². The molecule has 1 aliphatic rings. The molecule has 0 aliphatic carbocycles. The van der Waals surface area contributed by atoms with Gasteiger partial charge in [0.15, 0.2) is 0 Å². The summed E-state index contributed by atoms with van der Waals surface area (Å²) < 4.78 is 1.44. The van der Waals surface area contributed by atoms with Crippen LogP contribution in [0, 0.1) is 0 Å². The zero-order valence-electron chi connectivity index (χ0n) is 8.45. The molecule has 0 saturated carbocycles. The maximum absolute atomic E-state index is 3.45. The van der Waals surface area contributed by atoms with Gasteiger partial charge in [-0.05, 0) is 60.0 Å². The summed E-state index contributed by atoms with van der Waals surface area (Å²) in [4.78, 5) is 0. The SMILES string of the molecule is Cl.c1cc2c3c(ccc2s1)CCNCC3. The van der Waals surface area contributed by atoms with Crippen molar-refractivity contribution in [1.82, 2.24) is 5.32 Å². The summed E-state index contributed by atoms with van der Waals surface area (Å²) in [6.07, 6.45) is 2.37. The highest BCUT2D eigenvalue weighted by atomic mass is 35.5. The van der Waals surface area contributed by atoms with Crippen molar-refractivity contribution in [2.75, 3.05) is 13.1 Å². The second-order valence-corrected chi connectivity index (χ2v) is 4.73. The molecule has 3 rings (SSSR count). The lowest BCUT2D eigenvalue weighted by atomic mass is 10.00. The minimum atomic E-state index is 0. The molecule has 1 N–H and O–H groups in total. The van der Waals surface area contributed by atoms with Crippen LogP contribution < -0.4 is 5.32 Å². The molecular weight excluding hydrogens is 226 g/mol. The van der Waals surface area contributed by atoms with E-state index in [9.17, 15) is 0 Å². The Morgan fingerprint density at radius 3 is 2.87 bits per heavy atom. The zero-order chi connectivity index (χ0) is 9.38. The van der Waals surface area contributed by atoms with Crippen LogP contribution in [0.25, 0.3) is 10.1 Å². The molecule has 0 unspecified atom stereocenters. The minimum absolute atomic E-state index is 0. The van der Waals surface area contributed by atoms with Gasteiger partial charge in [0.2, 0.25) is 0 Å². The molecule has 15 heavy (non-hydrogen) atoms. The van der Waals surface area contributed by atoms with Crippen LogP contribution in [-0.4, -0.2) is 13.1 Å². The monoisotopic (exact) mass is 239 g/mol. The van der Waals surface area contributed by atoms with Gasteiger partial charge in [-0.3, -0.25) is 0 Å². The number of rotatable bonds is 0. The molecule has 2 aromatic rings.